The van der Waals surface area contributed by atoms with Crippen LogP contribution in [0.15, 0.2) is 34.9 Å². The standard InChI is InChI=1S/C15H16N2O4/c1-9(15(19)20)17(3)14(18)12-10(2)21-16-13(12)11-7-5-4-6-8-11/h4-9H,1-3H3,(H,19,20). The van der Waals surface area contributed by atoms with Crippen LogP contribution in [0, 0.1) is 6.92 Å². The van der Waals surface area contributed by atoms with E-state index in [4.69, 9.17) is 9.63 Å². The predicted octanol–water partition coefficient (Wildman–Crippen LogP) is 2.20. The number of carbonyl (C=O) groups is 2. The molecule has 1 amide bonds. The monoisotopic (exact) mass is 288 g/mol. The Balaban J connectivity index is 2.43. The highest BCUT2D eigenvalue weighted by atomic mass is 16.5. The van der Waals surface area contributed by atoms with Crippen molar-refractivity contribution in [2.45, 2.75) is 19.9 Å². The average molecular weight is 288 g/mol. The van der Waals surface area contributed by atoms with Crippen molar-refractivity contribution in [3.63, 3.8) is 0 Å². The lowest BCUT2D eigenvalue weighted by atomic mass is 10.0. The number of benzene rings is 1. The molecule has 6 nitrogen and oxygen atoms in total. The summed E-state index contributed by atoms with van der Waals surface area (Å²) in [4.78, 5) is 24.7. The molecule has 0 saturated heterocycles. The van der Waals surface area contributed by atoms with E-state index in [0.717, 1.165) is 10.5 Å². The van der Waals surface area contributed by atoms with Crippen LogP contribution in [0.3, 0.4) is 0 Å². The van der Waals surface area contributed by atoms with Gasteiger partial charge in [-0.15, -0.1) is 0 Å². The molecule has 0 aliphatic carbocycles. The van der Waals surface area contributed by atoms with Gasteiger partial charge in [-0.25, -0.2) is 4.79 Å². The lowest BCUT2D eigenvalue weighted by molar-refractivity contribution is -0.141. The van der Waals surface area contributed by atoms with Gasteiger partial charge in [0.05, 0.1) is 0 Å². The van der Waals surface area contributed by atoms with Crippen LogP contribution in [-0.4, -0.2) is 40.1 Å². The zero-order valence-corrected chi connectivity index (χ0v) is 12.0. The summed E-state index contributed by atoms with van der Waals surface area (Å²) < 4.78 is 5.12. The quantitative estimate of drug-likeness (QED) is 0.932. The van der Waals surface area contributed by atoms with Gasteiger partial charge in [0.25, 0.3) is 5.91 Å². The number of likely N-dealkylation sites (N-methyl/N-ethyl adjacent to an activating group) is 1. The van der Waals surface area contributed by atoms with Gasteiger partial charge in [0.2, 0.25) is 0 Å². The highest BCUT2D eigenvalue weighted by Crippen LogP contribution is 2.26. The molecule has 1 aromatic carbocycles. The van der Waals surface area contributed by atoms with Gasteiger partial charge in [0.1, 0.15) is 23.1 Å². The Hall–Kier alpha value is -2.63. The maximum Gasteiger partial charge on any atom is 0.326 e. The van der Waals surface area contributed by atoms with Crippen LogP contribution < -0.4 is 0 Å². The molecule has 1 unspecified atom stereocenters. The summed E-state index contributed by atoms with van der Waals surface area (Å²) in [6.07, 6.45) is 0. The highest BCUT2D eigenvalue weighted by Gasteiger charge is 2.29. The van der Waals surface area contributed by atoms with Crippen molar-refractivity contribution in [3.8, 4) is 11.3 Å². The summed E-state index contributed by atoms with van der Waals surface area (Å²) in [5.41, 5.74) is 1.45. The van der Waals surface area contributed by atoms with Crippen molar-refractivity contribution in [1.29, 1.82) is 0 Å². The molecule has 0 saturated carbocycles. The normalized spacial score (nSPS) is 12.0. The number of hydrogen-bond donors (Lipinski definition) is 1. The van der Waals surface area contributed by atoms with Gasteiger partial charge in [-0.1, -0.05) is 35.5 Å². The third-order valence-corrected chi connectivity index (χ3v) is 3.38. The fraction of sp³-hybridized carbons (Fsp3) is 0.267. The molecule has 0 bridgehead atoms. The Labute approximate surface area is 122 Å². The number of carbonyl (C=O) groups excluding carboxylic acids is 1. The van der Waals surface area contributed by atoms with Crippen LogP contribution in [0.4, 0.5) is 0 Å². The molecule has 0 aliphatic heterocycles. The van der Waals surface area contributed by atoms with Crippen molar-refractivity contribution in [3.05, 3.63) is 41.7 Å². The molecule has 1 aromatic heterocycles. The minimum Gasteiger partial charge on any atom is -0.480 e. The summed E-state index contributed by atoms with van der Waals surface area (Å²) in [6.45, 7) is 3.08. The van der Waals surface area contributed by atoms with Crippen molar-refractivity contribution >= 4 is 11.9 Å². The van der Waals surface area contributed by atoms with Crippen LogP contribution in [-0.2, 0) is 4.79 Å². The Bertz CT molecular complexity index is 664. The van der Waals surface area contributed by atoms with E-state index >= 15 is 0 Å². The van der Waals surface area contributed by atoms with E-state index in [1.165, 1.54) is 14.0 Å². The third kappa shape index (κ3) is 2.79. The molecule has 6 heteroatoms. The van der Waals surface area contributed by atoms with Crippen molar-refractivity contribution in [2.75, 3.05) is 7.05 Å². The summed E-state index contributed by atoms with van der Waals surface area (Å²) in [7, 11) is 1.45. The number of aryl methyl sites for hydroxylation is 1. The van der Waals surface area contributed by atoms with Crippen LogP contribution >= 0.6 is 0 Å². The molecule has 2 rings (SSSR count). The van der Waals surface area contributed by atoms with Gasteiger partial charge >= 0.3 is 5.97 Å². The van der Waals surface area contributed by atoms with E-state index in [-0.39, 0.29) is 5.56 Å². The molecule has 2 aromatic rings. The molecule has 0 radical (unpaired) electrons. The predicted molar refractivity (Wildman–Crippen MR) is 75.9 cm³/mol. The second-order valence-corrected chi connectivity index (χ2v) is 4.76. The maximum atomic E-state index is 12.5. The van der Waals surface area contributed by atoms with Gasteiger partial charge in [0, 0.05) is 12.6 Å². The molecule has 0 fully saturated rings. The number of carboxylic acids is 1. The molecule has 0 aliphatic rings. The third-order valence-electron chi connectivity index (χ3n) is 3.38. The van der Waals surface area contributed by atoms with Crippen LogP contribution in [0.1, 0.15) is 23.0 Å². The highest BCUT2D eigenvalue weighted by molar-refractivity contribution is 6.02. The number of amides is 1. The Kier molecular flexibility index (Phi) is 4.07. The number of aromatic nitrogens is 1. The zero-order chi connectivity index (χ0) is 15.6. The number of hydrogen-bond acceptors (Lipinski definition) is 4. The summed E-state index contributed by atoms with van der Waals surface area (Å²) >= 11 is 0. The first-order chi connectivity index (χ1) is 9.93. The number of carboxylic acid groups (broad SMARTS) is 1. The van der Waals surface area contributed by atoms with E-state index < -0.39 is 17.9 Å². The van der Waals surface area contributed by atoms with Crippen molar-refractivity contribution < 1.29 is 19.2 Å². The first-order valence-electron chi connectivity index (χ1n) is 6.45. The van der Waals surface area contributed by atoms with E-state index in [0.29, 0.717) is 11.5 Å². The number of rotatable bonds is 4. The van der Waals surface area contributed by atoms with Crippen LogP contribution in [0.2, 0.25) is 0 Å². The minimum absolute atomic E-state index is 0.289. The Morgan fingerprint density at radius 1 is 1.29 bits per heavy atom. The molecule has 1 N–H and O–H groups in total. The topological polar surface area (TPSA) is 83.6 Å². The average Bonchev–Trinajstić information content (AvgIpc) is 2.87. The van der Waals surface area contributed by atoms with Gasteiger partial charge in [-0.2, -0.15) is 0 Å². The first-order valence-corrected chi connectivity index (χ1v) is 6.45. The molecule has 21 heavy (non-hydrogen) atoms. The van der Waals surface area contributed by atoms with Crippen molar-refractivity contribution in [2.24, 2.45) is 0 Å². The fourth-order valence-corrected chi connectivity index (χ4v) is 1.93. The Morgan fingerprint density at radius 3 is 2.48 bits per heavy atom. The molecule has 1 atom stereocenters. The van der Waals surface area contributed by atoms with E-state index in [9.17, 15) is 9.59 Å². The van der Waals surface area contributed by atoms with E-state index in [1.807, 2.05) is 30.3 Å². The SMILES string of the molecule is Cc1onc(-c2ccccc2)c1C(=O)N(C)C(C)C(=O)O. The summed E-state index contributed by atoms with van der Waals surface area (Å²) in [5.74, 6) is -1.13. The molecule has 110 valence electrons. The lowest BCUT2D eigenvalue weighted by Gasteiger charge is -2.21. The number of nitrogens with zero attached hydrogens (tertiary/aromatic N) is 2. The molecular weight excluding hydrogens is 272 g/mol. The van der Waals surface area contributed by atoms with Gasteiger partial charge in [0.15, 0.2) is 0 Å². The van der Waals surface area contributed by atoms with E-state index in [1.54, 1.807) is 6.92 Å². The van der Waals surface area contributed by atoms with Gasteiger partial charge in [-0.3, -0.25) is 4.79 Å². The first kappa shape index (κ1) is 14.8. The minimum atomic E-state index is -1.07. The second kappa shape index (κ2) is 5.78. The summed E-state index contributed by atoms with van der Waals surface area (Å²) in [5, 5.41) is 12.9. The van der Waals surface area contributed by atoms with Crippen LogP contribution in [0.25, 0.3) is 11.3 Å². The zero-order valence-electron chi connectivity index (χ0n) is 12.0. The Morgan fingerprint density at radius 2 is 1.90 bits per heavy atom. The summed E-state index contributed by atoms with van der Waals surface area (Å²) in [6, 6.07) is 8.21. The lowest BCUT2D eigenvalue weighted by Crippen LogP contribution is -2.40. The van der Waals surface area contributed by atoms with Gasteiger partial charge in [-0.05, 0) is 13.8 Å². The molecule has 1 heterocycles. The van der Waals surface area contributed by atoms with Crippen LogP contribution in [0.5, 0.6) is 0 Å². The van der Waals surface area contributed by atoms with Gasteiger partial charge < -0.3 is 14.5 Å². The maximum absolute atomic E-state index is 12.5. The van der Waals surface area contributed by atoms with E-state index in [2.05, 4.69) is 5.16 Å². The largest absolute Gasteiger partial charge is 0.480 e. The molecule has 0 spiro atoms. The van der Waals surface area contributed by atoms with Crippen molar-refractivity contribution in [1.82, 2.24) is 10.1 Å². The number of aliphatic carboxylic acids is 1. The smallest absolute Gasteiger partial charge is 0.326 e. The molecular formula is C15H16N2O4. The fourth-order valence-electron chi connectivity index (χ4n) is 1.93. The second-order valence-electron chi connectivity index (χ2n) is 4.76.